The van der Waals surface area contributed by atoms with Gasteiger partial charge in [0.25, 0.3) is 5.91 Å². The van der Waals surface area contributed by atoms with E-state index >= 15 is 0 Å². The van der Waals surface area contributed by atoms with Gasteiger partial charge >= 0.3 is 5.63 Å². The third kappa shape index (κ3) is 3.10. The van der Waals surface area contributed by atoms with Crippen molar-refractivity contribution in [1.29, 1.82) is 0 Å². The summed E-state index contributed by atoms with van der Waals surface area (Å²) in [6.07, 6.45) is 0. The predicted octanol–water partition coefficient (Wildman–Crippen LogP) is 2.77. The smallest absolute Gasteiger partial charge is 0.349 e. The van der Waals surface area contributed by atoms with Gasteiger partial charge in [-0.2, -0.15) is 0 Å². The third-order valence-corrected chi connectivity index (χ3v) is 3.77. The number of rotatable bonds is 4. The van der Waals surface area contributed by atoms with Crippen LogP contribution in [-0.4, -0.2) is 16.1 Å². The van der Waals surface area contributed by atoms with Crippen molar-refractivity contribution in [1.82, 2.24) is 15.5 Å². The van der Waals surface area contributed by atoms with Crippen LogP contribution in [0, 0.1) is 0 Å². The lowest BCUT2D eigenvalue weighted by molar-refractivity contribution is 0.0944. The Morgan fingerprint density at radius 3 is 2.58 bits per heavy atom. The number of carbonyl (C=O) groups is 1. The highest BCUT2D eigenvalue weighted by atomic mass is 16.4. The Morgan fingerprint density at radius 1 is 0.962 bits per heavy atom. The first-order valence-electron chi connectivity index (χ1n) is 7.89. The zero-order valence-electron chi connectivity index (χ0n) is 13.5. The number of hydrogen-bond acceptors (Lipinski definition) is 6. The fraction of sp³-hybridized carbons (Fsp3) is 0.0526. The van der Waals surface area contributed by atoms with Crippen LogP contribution < -0.4 is 10.9 Å². The van der Waals surface area contributed by atoms with Crippen LogP contribution in [0.25, 0.3) is 22.4 Å². The molecule has 7 nitrogen and oxygen atoms in total. The Balaban J connectivity index is 1.50. The Bertz CT molecular complexity index is 1130. The molecule has 1 N–H and O–H groups in total. The molecule has 4 rings (SSSR count). The van der Waals surface area contributed by atoms with Gasteiger partial charge in [-0.1, -0.05) is 36.4 Å². The molecule has 1 amide bonds. The minimum atomic E-state index is -0.697. The molecule has 0 radical (unpaired) electrons. The normalized spacial score (nSPS) is 10.8. The number of aromatic nitrogens is 2. The van der Waals surface area contributed by atoms with Crippen LogP contribution in [0.15, 0.2) is 74.3 Å². The molecule has 2 aromatic heterocycles. The van der Waals surface area contributed by atoms with E-state index in [4.69, 9.17) is 8.83 Å². The van der Waals surface area contributed by atoms with Gasteiger partial charge in [0, 0.05) is 10.9 Å². The molecule has 0 saturated heterocycles. The molecule has 0 aliphatic carbocycles. The summed E-state index contributed by atoms with van der Waals surface area (Å²) in [5, 5.41) is 11.1. The number of hydrogen-bond donors (Lipinski definition) is 1. The number of fused-ring (bicyclic) bond motifs is 1. The summed E-state index contributed by atoms with van der Waals surface area (Å²) in [4.78, 5) is 24.3. The van der Waals surface area contributed by atoms with Crippen molar-refractivity contribution in [3.63, 3.8) is 0 Å². The van der Waals surface area contributed by atoms with Gasteiger partial charge in [0.2, 0.25) is 11.8 Å². The van der Waals surface area contributed by atoms with Gasteiger partial charge in [-0.15, -0.1) is 10.2 Å². The average Bonchev–Trinajstić information content (AvgIpc) is 3.15. The summed E-state index contributed by atoms with van der Waals surface area (Å²) in [7, 11) is 0. The largest absolute Gasteiger partial charge is 0.422 e. The first-order chi connectivity index (χ1) is 12.7. The molecule has 0 spiro atoms. The summed E-state index contributed by atoms with van der Waals surface area (Å²) >= 11 is 0. The minimum Gasteiger partial charge on any atom is -0.422 e. The maximum atomic E-state index is 12.3. The SMILES string of the molecule is O=C(NCc1nnc(-c2ccccc2)o1)c1cc2ccccc2oc1=O. The Hall–Kier alpha value is -3.74. The van der Waals surface area contributed by atoms with E-state index in [-0.39, 0.29) is 18.0 Å². The van der Waals surface area contributed by atoms with E-state index in [0.717, 1.165) is 5.56 Å². The number of nitrogens with zero attached hydrogens (tertiary/aromatic N) is 2. The number of benzene rings is 2. The fourth-order valence-electron chi connectivity index (χ4n) is 2.49. The first-order valence-corrected chi connectivity index (χ1v) is 7.89. The van der Waals surface area contributed by atoms with Crippen LogP contribution in [0.1, 0.15) is 16.2 Å². The molecule has 4 aromatic rings. The van der Waals surface area contributed by atoms with Crippen molar-refractivity contribution in [3.8, 4) is 11.5 Å². The van der Waals surface area contributed by atoms with Gasteiger partial charge in [0.05, 0.1) is 6.54 Å². The van der Waals surface area contributed by atoms with Crippen molar-refractivity contribution >= 4 is 16.9 Å². The summed E-state index contributed by atoms with van der Waals surface area (Å²) in [6, 6.07) is 17.8. The van der Waals surface area contributed by atoms with Crippen molar-refractivity contribution in [2.75, 3.05) is 0 Å². The van der Waals surface area contributed by atoms with Crippen LogP contribution in [0.5, 0.6) is 0 Å². The molecule has 26 heavy (non-hydrogen) atoms. The standard InChI is InChI=1S/C19H13N3O4/c23-17(14-10-13-8-4-5-9-15(13)25-19(14)24)20-11-16-21-22-18(26-16)12-6-2-1-3-7-12/h1-10H,11H2,(H,20,23). The third-order valence-electron chi connectivity index (χ3n) is 3.77. The zero-order chi connectivity index (χ0) is 17.9. The van der Waals surface area contributed by atoms with Gasteiger partial charge in [-0.05, 0) is 24.3 Å². The van der Waals surface area contributed by atoms with Crippen LogP contribution in [0.3, 0.4) is 0 Å². The second-order valence-corrected chi connectivity index (χ2v) is 5.54. The zero-order valence-corrected chi connectivity index (χ0v) is 13.5. The molecule has 0 bridgehead atoms. The monoisotopic (exact) mass is 347 g/mol. The molecular formula is C19H13N3O4. The molecule has 0 aliphatic rings. The predicted molar refractivity (Wildman–Crippen MR) is 93.4 cm³/mol. The Labute approximate surface area is 147 Å². The number of amides is 1. The van der Waals surface area contributed by atoms with Crippen LogP contribution in [0.2, 0.25) is 0 Å². The van der Waals surface area contributed by atoms with Gasteiger partial charge in [-0.3, -0.25) is 4.79 Å². The molecule has 2 heterocycles. The van der Waals surface area contributed by atoms with E-state index < -0.39 is 11.5 Å². The molecule has 2 aromatic carbocycles. The van der Waals surface area contributed by atoms with Gasteiger partial charge in [0.15, 0.2) is 0 Å². The minimum absolute atomic E-state index is 0.00489. The van der Waals surface area contributed by atoms with Crippen LogP contribution in [-0.2, 0) is 6.54 Å². The molecule has 7 heteroatoms. The lowest BCUT2D eigenvalue weighted by atomic mass is 10.2. The second-order valence-electron chi connectivity index (χ2n) is 5.54. The van der Waals surface area contributed by atoms with Crippen molar-refractivity contribution < 1.29 is 13.6 Å². The van der Waals surface area contributed by atoms with Crippen LogP contribution >= 0.6 is 0 Å². The maximum absolute atomic E-state index is 12.3. The molecule has 0 unspecified atom stereocenters. The lowest BCUT2D eigenvalue weighted by Gasteiger charge is -2.03. The van der Waals surface area contributed by atoms with Gasteiger partial charge in [0.1, 0.15) is 11.1 Å². The van der Waals surface area contributed by atoms with E-state index in [0.29, 0.717) is 16.9 Å². The quantitative estimate of drug-likeness (QED) is 0.570. The summed E-state index contributed by atoms with van der Waals surface area (Å²) in [5.74, 6) is 0.0337. The first kappa shape index (κ1) is 15.8. The molecule has 0 aliphatic heterocycles. The average molecular weight is 347 g/mol. The maximum Gasteiger partial charge on any atom is 0.349 e. The summed E-state index contributed by atoms with van der Waals surface area (Å²) in [6.45, 7) is 0.00489. The lowest BCUT2D eigenvalue weighted by Crippen LogP contribution is -2.27. The van der Waals surface area contributed by atoms with Crippen molar-refractivity contribution in [2.45, 2.75) is 6.54 Å². The second kappa shape index (κ2) is 6.64. The van der Waals surface area contributed by atoms with Crippen LogP contribution in [0.4, 0.5) is 0 Å². The van der Waals surface area contributed by atoms with Gasteiger partial charge in [-0.25, -0.2) is 4.79 Å². The highest BCUT2D eigenvalue weighted by Crippen LogP contribution is 2.17. The van der Waals surface area contributed by atoms with E-state index in [2.05, 4.69) is 15.5 Å². The van der Waals surface area contributed by atoms with E-state index in [1.165, 1.54) is 6.07 Å². The molecule has 0 fully saturated rings. The fourth-order valence-corrected chi connectivity index (χ4v) is 2.49. The topological polar surface area (TPSA) is 98.2 Å². The molecule has 0 atom stereocenters. The van der Waals surface area contributed by atoms with Crippen molar-refractivity contribution in [3.05, 3.63) is 82.5 Å². The Kier molecular flexibility index (Phi) is 4.03. The highest BCUT2D eigenvalue weighted by Gasteiger charge is 2.15. The van der Waals surface area contributed by atoms with Crippen molar-refractivity contribution in [2.24, 2.45) is 0 Å². The van der Waals surface area contributed by atoms with E-state index in [9.17, 15) is 9.59 Å². The van der Waals surface area contributed by atoms with E-state index in [1.54, 1.807) is 24.3 Å². The highest BCUT2D eigenvalue weighted by molar-refractivity contribution is 5.96. The molecule has 128 valence electrons. The number of carbonyl (C=O) groups excluding carboxylic acids is 1. The Morgan fingerprint density at radius 2 is 1.73 bits per heavy atom. The summed E-state index contributed by atoms with van der Waals surface area (Å²) < 4.78 is 10.7. The van der Waals surface area contributed by atoms with Gasteiger partial charge < -0.3 is 14.2 Å². The molecule has 0 saturated carbocycles. The molecular weight excluding hydrogens is 334 g/mol. The summed E-state index contributed by atoms with van der Waals surface area (Å²) in [5.41, 5.74) is 0.439. The van der Waals surface area contributed by atoms with E-state index in [1.807, 2.05) is 30.3 Å². The number of nitrogens with one attached hydrogen (secondary N) is 1. The number of para-hydroxylation sites is 1.